The summed E-state index contributed by atoms with van der Waals surface area (Å²) >= 11 is 1.98. The van der Waals surface area contributed by atoms with Gasteiger partial charge in [-0.1, -0.05) is 0 Å². The molecule has 3 nitrogen and oxygen atoms in total. The van der Waals surface area contributed by atoms with Gasteiger partial charge in [0.1, 0.15) is 0 Å². The van der Waals surface area contributed by atoms with Crippen LogP contribution in [-0.4, -0.2) is 29.5 Å². The minimum Gasteiger partial charge on any atom is -0.368 e. The molecule has 0 aliphatic carbocycles. The highest BCUT2D eigenvalue weighted by Gasteiger charge is 2.17. The molecule has 0 aromatic carbocycles. The lowest BCUT2D eigenvalue weighted by Crippen LogP contribution is -2.41. The predicted octanol–water partition coefficient (Wildman–Crippen LogP) is 0.345. The lowest BCUT2D eigenvalue weighted by molar-refractivity contribution is -0.119. The van der Waals surface area contributed by atoms with Crippen molar-refractivity contribution in [3.8, 4) is 0 Å². The van der Waals surface area contributed by atoms with Gasteiger partial charge in [0.25, 0.3) is 0 Å². The zero-order valence-electron chi connectivity index (χ0n) is 7.38. The van der Waals surface area contributed by atoms with Gasteiger partial charge in [0.05, 0.1) is 6.04 Å². The largest absolute Gasteiger partial charge is 0.368 e. The number of rotatable bonds is 4. The second kappa shape index (κ2) is 4.72. The van der Waals surface area contributed by atoms with Gasteiger partial charge in [-0.25, -0.2) is 0 Å². The Morgan fingerprint density at radius 3 is 3.08 bits per heavy atom. The summed E-state index contributed by atoms with van der Waals surface area (Å²) in [7, 11) is 0. The molecule has 12 heavy (non-hydrogen) atoms. The fourth-order valence-corrected chi connectivity index (χ4v) is 2.43. The number of amides is 1. The van der Waals surface area contributed by atoms with Crippen LogP contribution >= 0.6 is 11.8 Å². The summed E-state index contributed by atoms with van der Waals surface area (Å²) in [6, 6.07) is -0.189. The molecule has 2 atom stereocenters. The van der Waals surface area contributed by atoms with Gasteiger partial charge in [-0.3, -0.25) is 4.79 Å². The summed E-state index contributed by atoms with van der Waals surface area (Å²) in [6.07, 6.45) is 2.57. The molecule has 0 radical (unpaired) electrons. The fourth-order valence-electron chi connectivity index (χ4n) is 1.21. The first-order chi connectivity index (χ1) is 5.70. The van der Waals surface area contributed by atoms with Crippen molar-refractivity contribution in [1.82, 2.24) is 5.32 Å². The number of carbonyl (C=O) groups is 1. The number of hydrogen-bond donors (Lipinski definition) is 2. The van der Waals surface area contributed by atoms with E-state index in [2.05, 4.69) is 5.32 Å². The van der Waals surface area contributed by atoms with Gasteiger partial charge in [-0.05, 0) is 25.5 Å². The Labute approximate surface area is 77.5 Å². The number of carbonyl (C=O) groups excluding carboxylic acids is 1. The monoisotopic (exact) mass is 188 g/mol. The summed E-state index contributed by atoms with van der Waals surface area (Å²) in [6.45, 7) is 2.72. The van der Waals surface area contributed by atoms with Crippen LogP contribution in [0.3, 0.4) is 0 Å². The quantitative estimate of drug-likeness (QED) is 0.669. The SMILES string of the molecule is CC(NCC1CCCS1)C(N)=O. The zero-order chi connectivity index (χ0) is 8.97. The zero-order valence-corrected chi connectivity index (χ0v) is 8.19. The topological polar surface area (TPSA) is 55.1 Å². The number of hydrogen-bond acceptors (Lipinski definition) is 3. The molecular formula is C8H16N2OS. The van der Waals surface area contributed by atoms with Crippen molar-refractivity contribution in [3.63, 3.8) is 0 Å². The van der Waals surface area contributed by atoms with Crippen molar-refractivity contribution >= 4 is 17.7 Å². The van der Waals surface area contributed by atoms with Crippen molar-refractivity contribution < 1.29 is 4.79 Å². The Bertz CT molecular complexity index is 157. The first-order valence-electron chi connectivity index (χ1n) is 4.34. The van der Waals surface area contributed by atoms with Gasteiger partial charge < -0.3 is 11.1 Å². The molecular weight excluding hydrogens is 172 g/mol. The molecule has 4 heteroatoms. The molecule has 1 aliphatic rings. The van der Waals surface area contributed by atoms with Crippen molar-refractivity contribution in [3.05, 3.63) is 0 Å². The van der Waals surface area contributed by atoms with Gasteiger partial charge in [-0.2, -0.15) is 11.8 Å². The molecule has 0 saturated carbocycles. The summed E-state index contributed by atoms with van der Waals surface area (Å²) in [5.41, 5.74) is 5.11. The highest BCUT2D eigenvalue weighted by atomic mass is 32.2. The van der Waals surface area contributed by atoms with E-state index in [9.17, 15) is 4.79 Å². The molecule has 1 rings (SSSR count). The van der Waals surface area contributed by atoms with Crippen LogP contribution in [0.4, 0.5) is 0 Å². The molecule has 3 N–H and O–H groups in total. The van der Waals surface area contributed by atoms with E-state index >= 15 is 0 Å². The highest BCUT2D eigenvalue weighted by Crippen LogP contribution is 2.25. The molecule has 0 aromatic rings. The first-order valence-corrected chi connectivity index (χ1v) is 5.39. The van der Waals surface area contributed by atoms with E-state index in [1.165, 1.54) is 18.6 Å². The van der Waals surface area contributed by atoms with Crippen molar-refractivity contribution in [1.29, 1.82) is 0 Å². The van der Waals surface area contributed by atoms with Crippen LogP contribution in [0.5, 0.6) is 0 Å². The van der Waals surface area contributed by atoms with Crippen LogP contribution in [0.15, 0.2) is 0 Å². The van der Waals surface area contributed by atoms with Crippen LogP contribution in [0.25, 0.3) is 0 Å². The van der Waals surface area contributed by atoms with E-state index in [1.54, 1.807) is 0 Å². The van der Waals surface area contributed by atoms with Gasteiger partial charge in [0, 0.05) is 11.8 Å². The second-order valence-electron chi connectivity index (χ2n) is 3.17. The van der Waals surface area contributed by atoms with Crippen LogP contribution in [0.1, 0.15) is 19.8 Å². The Morgan fingerprint density at radius 1 is 1.83 bits per heavy atom. The molecule has 1 amide bonds. The van der Waals surface area contributed by atoms with E-state index in [-0.39, 0.29) is 11.9 Å². The summed E-state index contributed by atoms with van der Waals surface area (Å²) in [4.78, 5) is 10.7. The van der Waals surface area contributed by atoms with E-state index in [4.69, 9.17) is 5.73 Å². The van der Waals surface area contributed by atoms with Crippen molar-refractivity contribution in [2.75, 3.05) is 12.3 Å². The molecule has 1 fully saturated rings. The fraction of sp³-hybridized carbons (Fsp3) is 0.875. The van der Waals surface area contributed by atoms with Gasteiger partial charge in [0.15, 0.2) is 0 Å². The van der Waals surface area contributed by atoms with Crippen LogP contribution in [-0.2, 0) is 4.79 Å². The first kappa shape index (κ1) is 9.86. The molecule has 0 aromatic heterocycles. The third-order valence-electron chi connectivity index (χ3n) is 2.10. The predicted molar refractivity (Wildman–Crippen MR) is 52.1 cm³/mol. The summed E-state index contributed by atoms with van der Waals surface area (Å²) < 4.78 is 0. The molecule has 1 heterocycles. The summed E-state index contributed by atoms with van der Waals surface area (Å²) in [5, 5.41) is 3.82. The van der Waals surface area contributed by atoms with Crippen LogP contribution in [0.2, 0.25) is 0 Å². The standard InChI is InChI=1S/C8H16N2OS/c1-6(8(9)11)10-5-7-3-2-4-12-7/h6-7,10H,2-5H2,1H3,(H2,9,11). The number of nitrogens with two attached hydrogens (primary N) is 1. The van der Waals surface area contributed by atoms with E-state index in [1.807, 2.05) is 18.7 Å². The Morgan fingerprint density at radius 2 is 2.58 bits per heavy atom. The molecule has 0 bridgehead atoms. The van der Waals surface area contributed by atoms with Crippen LogP contribution < -0.4 is 11.1 Å². The summed E-state index contributed by atoms with van der Waals surface area (Å²) in [5.74, 6) is 0.995. The Balaban J connectivity index is 2.11. The minimum absolute atomic E-state index is 0.189. The molecule has 2 unspecified atom stereocenters. The molecule has 1 aliphatic heterocycles. The molecule has 0 spiro atoms. The van der Waals surface area contributed by atoms with Crippen molar-refractivity contribution in [2.24, 2.45) is 5.73 Å². The third-order valence-corrected chi connectivity index (χ3v) is 3.50. The van der Waals surface area contributed by atoms with E-state index in [0.29, 0.717) is 5.25 Å². The smallest absolute Gasteiger partial charge is 0.234 e. The normalized spacial score (nSPS) is 25.6. The second-order valence-corrected chi connectivity index (χ2v) is 4.58. The maximum absolute atomic E-state index is 10.7. The van der Waals surface area contributed by atoms with Gasteiger partial charge in [0.2, 0.25) is 5.91 Å². The maximum atomic E-state index is 10.7. The molecule has 1 saturated heterocycles. The Hall–Kier alpha value is -0.220. The number of nitrogens with one attached hydrogen (secondary N) is 1. The maximum Gasteiger partial charge on any atom is 0.234 e. The number of primary amides is 1. The lowest BCUT2D eigenvalue weighted by Gasteiger charge is -2.13. The lowest BCUT2D eigenvalue weighted by atomic mass is 10.2. The van der Waals surface area contributed by atoms with Gasteiger partial charge in [-0.15, -0.1) is 0 Å². The van der Waals surface area contributed by atoms with Gasteiger partial charge >= 0.3 is 0 Å². The average molecular weight is 188 g/mol. The third kappa shape index (κ3) is 3.03. The van der Waals surface area contributed by atoms with Crippen LogP contribution in [0, 0.1) is 0 Å². The highest BCUT2D eigenvalue weighted by molar-refractivity contribution is 8.00. The Kier molecular flexibility index (Phi) is 3.88. The minimum atomic E-state index is -0.266. The van der Waals surface area contributed by atoms with Crippen molar-refractivity contribution in [2.45, 2.75) is 31.1 Å². The van der Waals surface area contributed by atoms with E-state index < -0.39 is 0 Å². The average Bonchev–Trinajstić information content (AvgIpc) is 2.51. The number of thioether (sulfide) groups is 1. The van der Waals surface area contributed by atoms with E-state index in [0.717, 1.165) is 6.54 Å². The molecule has 70 valence electrons.